The Morgan fingerprint density at radius 3 is 1.26 bits per heavy atom. The van der Waals surface area contributed by atoms with Gasteiger partial charge in [0.15, 0.2) is 0 Å². The van der Waals surface area contributed by atoms with Crippen molar-refractivity contribution in [3.05, 3.63) is 0 Å². The van der Waals surface area contributed by atoms with Crippen LogP contribution in [0.25, 0.3) is 0 Å². The van der Waals surface area contributed by atoms with Crippen molar-refractivity contribution in [2.75, 3.05) is 66.1 Å². The fourth-order valence-electron chi connectivity index (χ4n) is 3.24. The van der Waals surface area contributed by atoms with Gasteiger partial charge in [-0.1, -0.05) is 0 Å². The van der Waals surface area contributed by atoms with E-state index < -0.39 is 24.1 Å². The number of carboxylic acids is 2. The van der Waals surface area contributed by atoms with Crippen LogP contribution in [0, 0.1) is 0 Å². The first-order chi connectivity index (χ1) is 16.3. The fourth-order valence-corrected chi connectivity index (χ4v) is 4.04. The molecule has 0 aromatic rings. The first-order valence-corrected chi connectivity index (χ1v) is 12.5. The van der Waals surface area contributed by atoms with Gasteiger partial charge in [0.05, 0.1) is 78.0 Å². The molecule has 1 saturated heterocycles. The number of ether oxygens (including phenoxy) is 6. The monoisotopic (exact) mass is 672 g/mol. The van der Waals surface area contributed by atoms with Crippen LogP contribution in [0.3, 0.4) is 0 Å². The molecule has 201 valence electrons. The van der Waals surface area contributed by atoms with E-state index in [-0.39, 0.29) is 49.6 Å². The van der Waals surface area contributed by atoms with Crippen LogP contribution in [0.1, 0.15) is 32.1 Å². The maximum absolute atomic E-state index is 11.1. The topological polar surface area (TPSA) is 188 Å². The summed E-state index contributed by atoms with van der Waals surface area (Å²) in [4.78, 5) is 22.2. The minimum atomic E-state index is -1.81. The molecular weight excluding hydrogens is 635 g/mol. The number of carboxylic acid groups (broad SMARTS) is 2. The molecule has 1 saturated carbocycles. The number of rotatable bonds is 3. The molecule has 2 aliphatic rings. The first-order valence-electron chi connectivity index (χ1n) is 11.4. The summed E-state index contributed by atoms with van der Waals surface area (Å²) in [6.45, 7) is 1.91. The third kappa shape index (κ3) is 13.4. The third-order valence-corrected chi connectivity index (χ3v) is 7.03. The van der Waals surface area contributed by atoms with Gasteiger partial charge in [-0.3, -0.25) is 0 Å². The average Bonchev–Trinajstić information content (AvgIpc) is 2.79. The zero-order valence-corrected chi connectivity index (χ0v) is 21.7. The molecule has 2 atom stereocenters. The van der Waals surface area contributed by atoms with E-state index in [1.165, 1.54) is 32.1 Å². The van der Waals surface area contributed by atoms with Crippen LogP contribution in [0.2, 0.25) is 3.80 Å². The van der Waals surface area contributed by atoms with Gasteiger partial charge in [0.1, 0.15) is 12.2 Å². The average molecular weight is 673 g/mol. The van der Waals surface area contributed by atoms with E-state index in [0.717, 1.165) is 0 Å². The van der Waals surface area contributed by atoms with Crippen molar-refractivity contribution in [1.29, 1.82) is 0 Å². The van der Waals surface area contributed by atoms with Gasteiger partial charge in [-0.2, -0.15) is 0 Å². The summed E-state index contributed by atoms with van der Waals surface area (Å²) >= 11 is 2.41. The van der Waals surface area contributed by atoms with Crippen LogP contribution in [0.5, 0.6) is 0 Å². The van der Waals surface area contributed by atoms with E-state index >= 15 is 0 Å². The second-order valence-electron chi connectivity index (χ2n) is 7.73. The van der Waals surface area contributed by atoms with Crippen molar-refractivity contribution >= 4 is 11.9 Å². The van der Waals surface area contributed by atoms with Crippen LogP contribution in [-0.2, 0) is 57.8 Å². The van der Waals surface area contributed by atoms with Gasteiger partial charge in [-0.05, 0) is 0 Å². The van der Waals surface area contributed by atoms with E-state index in [1.54, 1.807) is 0 Å². The third-order valence-electron chi connectivity index (χ3n) is 5.14. The van der Waals surface area contributed by atoms with E-state index in [0.29, 0.717) is 26.4 Å². The molecule has 0 aromatic carbocycles. The molecule has 1 heterocycles. The largest absolute Gasteiger partial charge is 0.547 e. The molecule has 13 heteroatoms. The van der Waals surface area contributed by atoms with Crippen molar-refractivity contribution in [3.8, 4) is 0 Å². The van der Waals surface area contributed by atoms with Crippen molar-refractivity contribution in [3.63, 3.8) is 0 Å². The molecule has 2 fully saturated rings. The minimum absolute atomic E-state index is 0.0620. The molecule has 2 rings (SSSR count). The molecule has 1 aliphatic carbocycles. The maximum Gasteiger partial charge on any atom is 0.128 e. The Morgan fingerprint density at radius 1 is 0.676 bits per heavy atom. The number of hydrogen-bond donors (Lipinski definition) is 2. The molecule has 0 bridgehead atoms. The summed E-state index contributed by atoms with van der Waals surface area (Å²) in [6.07, 6.45) is 2.61. The fraction of sp³-hybridized carbons (Fsp3) is 0.905. The summed E-state index contributed by atoms with van der Waals surface area (Å²) in [5.41, 5.74) is 11.3. The molecule has 0 amide bonds. The first kappa shape index (κ1) is 31.3. The van der Waals surface area contributed by atoms with Gasteiger partial charge in [0.25, 0.3) is 0 Å². The molecule has 12 nitrogen and oxygen atoms in total. The van der Waals surface area contributed by atoms with Gasteiger partial charge in [-0.25, -0.2) is 0 Å². The number of aliphatic carboxylic acids is 2. The smallest absolute Gasteiger partial charge is 0.128 e. The van der Waals surface area contributed by atoms with Gasteiger partial charge < -0.3 is 48.2 Å². The Bertz CT molecular complexity index is 530. The van der Waals surface area contributed by atoms with Crippen molar-refractivity contribution < 1.29 is 68.0 Å². The van der Waals surface area contributed by atoms with Crippen LogP contribution < -0.4 is 21.7 Å². The Balaban J connectivity index is 0.000000479. The number of carbonyl (C=O) groups excluding carboxylic acids is 2. The van der Waals surface area contributed by atoms with E-state index in [1.807, 2.05) is 0 Å². The Hall–Kier alpha value is -0.692. The standard InChI is InChI=1S/C14H24O10.C7H15N2.Pt/c15-13(16)11-12(14(17)18)24-10-8-22-6-4-20-2-1-19-3-5-21-7-9-23-11;8-7(9)6-4-2-1-3-5-6;/h11-12H,1-10H2,(H,15,16)(H,17,18);7H,1-5,8-9H2;/q;;+2/p-2/t11-,12+;;. The molecule has 4 N–H and O–H groups in total. The number of carbonyl (C=O) groups is 2. The van der Waals surface area contributed by atoms with Crippen LogP contribution in [0.4, 0.5) is 0 Å². The normalized spacial score (nSPS) is 26.4. The minimum Gasteiger partial charge on any atom is -0.547 e. The molecular formula is C21H37N2O10Pt. The number of nitrogens with two attached hydrogens (primary N) is 2. The molecule has 0 spiro atoms. The second kappa shape index (κ2) is 18.6. The molecule has 0 aromatic heterocycles. The molecule has 0 radical (unpaired) electrons. The summed E-state index contributed by atoms with van der Waals surface area (Å²) in [5, 5.41) is 22.2. The molecule has 0 unspecified atom stereocenters. The maximum atomic E-state index is 11.1. The Labute approximate surface area is 211 Å². The summed E-state index contributed by atoms with van der Waals surface area (Å²) in [7, 11) is 0. The van der Waals surface area contributed by atoms with Crippen molar-refractivity contribution in [2.45, 2.75) is 54.3 Å². The Kier molecular flexibility index (Phi) is 17.1. The summed E-state index contributed by atoms with van der Waals surface area (Å²) in [6, 6.07) is 0. The van der Waals surface area contributed by atoms with Crippen LogP contribution in [-0.4, -0.2) is 96.4 Å². The SMILES string of the molecule is NC(N)[C]1([Pt+2])CCCCC1.O=C([O-])[C@H]1OCCOCCOCCOCCOCCO[C@H]1C(=O)[O-]. The van der Waals surface area contributed by atoms with Gasteiger partial charge in [0, 0.05) is 0 Å². The zero-order valence-electron chi connectivity index (χ0n) is 19.4. The number of hydrogen-bond acceptors (Lipinski definition) is 12. The molecule has 1 aliphatic heterocycles. The molecule has 34 heavy (non-hydrogen) atoms. The predicted octanol–water partition coefficient (Wildman–Crippen LogP) is -2.76. The van der Waals surface area contributed by atoms with E-state index in [9.17, 15) is 19.8 Å². The van der Waals surface area contributed by atoms with E-state index in [4.69, 9.17) is 39.9 Å². The predicted molar refractivity (Wildman–Crippen MR) is 111 cm³/mol. The van der Waals surface area contributed by atoms with Crippen LogP contribution in [0.15, 0.2) is 0 Å². The zero-order chi connectivity index (χ0) is 25.2. The van der Waals surface area contributed by atoms with Gasteiger partial charge >= 0.3 is 73.4 Å². The summed E-state index contributed by atoms with van der Waals surface area (Å²) < 4.78 is 31.0. The van der Waals surface area contributed by atoms with Crippen LogP contribution >= 0.6 is 0 Å². The van der Waals surface area contributed by atoms with Crippen molar-refractivity contribution in [1.82, 2.24) is 0 Å². The van der Waals surface area contributed by atoms with Gasteiger partial charge in [0.2, 0.25) is 0 Å². The second-order valence-corrected chi connectivity index (χ2v) is 9.99. The Morgan fingerprint density at radius 2 is 1.00 bits per heavy atom. The quantitative estimate of drug-likeness (QED) is 0.295. The van der Waals surface area contributed by atoms with Crippen molar-refractivity contribution in [2.24, 2.45) is 11.5 Å². The van der Waals surface area contributed by atoms with Gasteiger partial charge in [-0.15, -0.1) is 0 Å². The summed E-state index contributed by atoms with van der Waals surface area (Å²) in [5.74, 6) is -3.42. The van der Waals surface area contributed by atoms with E-state index in [2.05, 4.69) is 19.8 Å².